The van der Waals surface area contributed by atoms with Crippen LogP contribution in [0.5, 0.6) is 5.75 Å². The molecule has 0 aliphatic carbocycles. The van der Waals surface area contributed by atoms with E-state index >= 15 is 0 Å². The smallest absolute Gasteiger partial charge is 0.337 e. The number of nitrogens with one attached hydrogen (secondary N) is 1. The first-order chi connectivity index (χ1) is 19.8. The van der Waals surface area contributed by atoms with Gasteiger partial charge < -0.3 is 24.8 Å². The van der Waals surface area contributed by atoms with Crippen molar-refractivity contribution in [3.63, 3.8) is 0 Å². The normalized spacial score (nSPS) is 15.8. The fourth-order valence-electron chi connectivity index (χ4n) is 5.00. The summed E-state index contributed by atoms with van der Waals surface area (Å²) in [5, 5.41) is 13.7. The Labute approximate surface area is 252 Å². The summed E-state index contributed by atoms with van der Waals surface area (Å²) in [5.41, 5.74) is 3.68. The van der Waals surface area contributed by atoms with Gasteiger partial charge in [0, 0.05) is 42.7 Å². The van der Waals surface area contributed by atoms with Crippen LogP contribution in [0.25, 0.3) is 11.3 Å². The monoisotopic (exact) mass is 598 g/mol. The lowest BCUT2D eigenvalue weighted by Crippen LogP contribution is -2.39. The Balaban J connectivity index is 1.62. The highest BCUT2D eigenvalue weighted by Gasteiger charge is 2.36. The lowest BCUT2D eigenvalue weighted by Gasteiger charge is -2.40. The summed E-state index contributed by atoms with van der Waals surface area (Å²) in [5.74, 6) is -1.54. The molecule has 0 bridgehead atoms. The number of carboxylic acids is 1. The van der Waals surface area contributed by atoms with Crippen LogP contribution in [0.4, 0.5) is 15.8 Å². The van der Waals surface area contributed by atoms with Crippen LogP contribution in [0, 0.1) is 18.2 Å². The van der Waals surface area contributed by atoms with Crippen LogP contribution in [-0.2, 0) is 9.53 Å². The molecule has 1 fully saturated rings. The third-order valence-corrected chi connectivity index (χ3v) is 7.61. The lowest BCUT2D eigenvalue weighted by molar-refractivity contribution is -0.160. The quantitative estimate of drug-likeness (QED) is 0.235. The number of aryl methyl sites for hydroxylation is 1. The molecule has 1 aliphatic rings. The maximum Gasteiger partial charge on any atom is 0.337 e. The second kappa shape index (κ2) is 12.8. The van der Waals surface area contributed by atoms with Crippen LogP contribution in [0.1, 0.15) is 64.8 Å². The fourth-order valence-corrected chi connectivity index (χ4v) is 5.22. The maximum atomic E-state index is 14.0. The summed E-state index contributed by atoms with van der Waals surface area (Å²) >= 11 is 6.03. The number of pyridine rings is 2. The Kier molecular flexibility index (Phi) is 9.63. The zero-order valence-corrected chi connectivity index (χ0v) is 25.9. The molecule has 1 atom stereocenters. The van der Waals surface area contributed by atoms with Crippen molar-refractivity contribution in [2.45, 2.75) is 66.1 Å². The minimum Gasteiger partial charge on any atom is -0.487 e. The number of halogens is 2. The summed E-state index contributed by atoms with van der Waals surface area (Å²) in [4.78, 5) is 24.2. The van der Waals surface area contributed by atoms with Crippen molar-refractivity contribution >= 4 is 28.9 Å². The van der Waals surface area contributed by atoms with E-state index in [2.05, 4.69) is 29.0 Å². The third kappa shape index (κ3) is 7.69. The van der Waals surface area contributed by atoms with Gasteiger partial charge in [-0.3, -0.25) is 9.97 Å². The van der Waals surface area contributed by atoms with E-state index < -0.39 is 23.5 Å². The molecule has 0 unspecified atom stereocenters. The average Bonchev–Trinajstić information content (AvgIpc) is 2.91. The van der Waals surface area contributed by atoms with E-state index in [9.17, 15) is 14.3 Å². The standard InChI is InChI=1S/C32H40ClFN4O4/c1-20-26(29(30(39)40)42-31(2,3)4)27(38-15-12-32(5,6)13-16-38)22(19-36-20)25-11-10-21(18-37-25)35-14-17-41-28-23(33)8-7-9-24(28)34/h7-11,18-19,29,35H,12-17H2,1-6H3,(H,39,40)/t29-/m0/s1. The molecule has 3 aromatic rings. The fraction of sp³-hybridized carbons (Fsp3) is 0.469. The zero-order chi connectivity index (χ0) is 30.7. The van der Waals surface area contributed by atoms with Crippen molar-refractivity contribution in [2.75, 3.05) is 36.5 Å². The number of nitrogens with zero attached hydrogens (tertiary/aromatic N) is 3. The van der Waals surface area contributed by atoms with Gasteiger partial charge in [-0.25, -0.2) is 9.18 Å². The summed E-state index contributed by atoms with van der Waals surface area (Å²) in [6, 6.07) is 8.18. The van der Waals surface area contributed by atoms with Crippen LogP contribution in [0.3, 0.4) is 0 Å². The molecule has 2 aromatic heterocycles. The number of carboxylic acid groups (broad SMARTS) is 1. The van der Waals surface area contributed by atoms with E-state index in [4.69, 9.17) is 26.1 Å². The minimum absolute atomic E-state index is 0.0286. The van der Waals surface area contributed by atoms with Crippen LogP contribution >= 0.6 is 11.6 Å². The van der Waals surface area contributed by atoms with Crippen LogP contribution < -0.4 is 15.0 Å². The SMILES string of the molecule is Cc1ncc(-c2ccc(NCCOc3c(F)cccc3Cl)cn2)c(N2CCC(C)(C)CC2)c1[C@H](OC(C)(C)C)C(=O)O. The van der Waals surface area contributed by atoms with Gasteiger partial charge in [0.15, 0.2) is 17.7 Å². The molecule has 42 heavy (non-hydrogen) atoms. The number of anilines is 2. The van der Waals surface area contributed by atoms with E-state index in [0.29, 0.717) is 23.5 Å². The first-order valence-electron chi connectivity index (χ1n) is 14.2. The minimum atomic E-state index is -1.19. The number of hydrogen-bond donors (Lipinski definition) is 2. The van der Waals surface area contributed by atoms with Gasteiger partial charge in [0.2, 0.25) is 0 Å². The Morgan fingerprint density at radius 2 is 1.88 bits per heavy atom. The summed E-state index contributed by atoms with van der Waals surface area (Å²) in [7, 11) is 0. The number of aromatic nitrogens is 2. The number of benzene rings is 1. The number of ether oxygens (including phenoxy) is 2. The topological polar surface area (TPSA) is 96.8 Å². The van der Waals surface area contributed by atoms with Crippen molar-refractivity contribution < 1.29 is 23.8 Å². The predicted octanol–water partition coefficient (Wildman–Crippen LogP) is 7.30. The van der Waals surface area contributed by atoms with Crippen LogP contribution in [0.2, 0.25) is 5.02 Å². The predicted molar refractivity (Wildman–Crippen MR) is 164 cm³/mol. The largest absolute Gasteiger partial charge is 0.487 e. The van der Waals surface area contributed by atoms with Crippen LogP contribution in [-0.4, -0.2) is 52.9 Å². The molecule has 226 valence electrons. The van der Waals surface area contributed by atoms with Gasteiger partial charge >= 0.3 is 5.97 Å². The molecule has 1 aromatic carbocycles. The Morgan fingerprint density at radius 3 is 2.48 bits per heavy atom. The lowest BCUT2D eigenvalue weighted by atomic mass is 9.82. The highest BCUT2D eigenvalue weighted by Crippen LogP contribution is 2.43. The van der Waals surface area contributed by atoms with Crippen molar-refractivity contribution in [1.29, 1.82) is 0 Å². The molecule has 0 radical (unpaired) electrons. The first kappa shape index (κ1) is 31.5. The molecule has 0 spiro atoms. The zero-order valence-electron chi connectivity index (χ0n) is 25.1. The first-order valence-corrected chi connectivity index (χ1v) is 14.6. The molecular weight excluding hydrogens is 559 g/mol. The number of para-hydroxylation sites is 1. The molecule has 4 rings (SSSR count). The molecule has 1 saturated heterocycles. The van der Waals surface area contributed by atoms with Gasteiger partial charge in [0.1, 0.15) is 6.61 Å². The highest BCUT2D eigenvalue weighted by atomic mass is 35.5. The third-order valence-electron chi connectivity index (χ3n) is 7.31. The molecule has 0 saturated carbocycles. The van der Waals surface area contributed by atoms with Gasteiger partial charge in [0.05, 0.1) is 33.9 Å². The molecular formula is C32H40ClFN4O4. The van der Waals surface area contributed by atoms with Gasteiger partial charge in [-0.15, -0.1) is 0 Å². The van der Waals surface area contributed by atoms with E-state index in [1.54, 1.807) is 18.5 Å². The second-order valence-corrected chi connectivity index (χ2v) is 12.8. The molecule has 8 nitrogen and oxygen atoms in total. The molecule has 0 amide bonds. The Bertz CT molecular complexity index is 1380. The van der Waals surface area contributed by atoms with Gasteiger partial charge in [-0.05, 0) is 70.2 Å². The maximum absolute atomic E-state index is 14.0. The van der Waals surface area contributed by atoms with Gasteiger partial charge in [0.25, 0.3) is 0 Å². The van der Waals surface area contributed by atoms with Gasteiger partial charge in [-0.2, -0.15) is 0 Å². The van der Waals surface area contributed by atoms with E-state index in [-0.39, 0.29) is 22.8 Å². The Morgan fingerprint density at radius 1 is 1.17 bits per heavy atom. The summed E-state index contributed by atoms with van der Waals surface area (Å²) in [6.45, 7) is 14.1. The molecule has 1 aliphatic heterocycles. The average molecular weight is 599 g/mol. The number of aliphatic carboxylic acids is 1. The number of rotatable bonds is 10. The molecule has 10 heteroatoms. The Hall–Kier alpha value is -3.43. The van der Waals surface area contributed by atoms with Crippen molar-refractivity contribution in [3.8, 4) is 17.0 Å². The molecule has 3 heterocycles. The van der Waals surface area contributed by atoms with E-state index in [0.717, 1.165) is 42.9 Å². The van der Waals surface area contributed by atoms with Crippen LogP contribution in [0.15, 0.2) is 42.7 Å². The number of hydrogen-bond acceptors (Lipinski definition) is 7. The summed E-state index contributed by atoms with van der Waals surface area (Å²) in [6.07, 6.45) is 4.23. The van der Waals surface area contributed by atoms with E-state index in [1.807, 2.05) is 39.8 Å². The van der Waals surface area contributed by atoms with Gasteiger partial charge in [-0.1, -0.05) is 31.5 Å². The van der Waals surface area contributed by atoms with Crippen molar-refractivity contribution in [1.82, 2.24) is 9.97 Å². The number of piperidine rings is 1. The van der Waals surface area contributed by atoms with Crippen molar-refractivity contribution in [2.24, 2.45) is 5.41 Å². The molecule has 2 N–H and O–H groups in total. The second-order valence-electron chi connectivity index (χ2n) is 12.4. The summed E-state index contributed by atoms with van der Waals surface area (Å²) < 4.78 is 25.6. The highest BCUT2D eigenvalue weighted by molar-refractivity contribution is 6.32. The van der Waals surface area contributed by atoms with E-state index in [1.165, 1.54) is 12.1 Å². The van der Waals surface area contributed by atoms with Crippen molar-refractivity contribution in [3.05, 3.63) is 64.8 Å². The number of carbonyl (C=O) groups is 1.